The Morgan fingerprint density at radius 2 is 2.24 bits per heavy atom. The van der Waals surface area contributed by atoms with E-state index in [2.05, 4.69) is 9.69 Å². The number of hydrogen-bond donors (Lipinski definition) is 3. The van der Waals surface area contributed by atoms with Crippen LogP contribution < -0.4 is 16.8 Å². The first kappa shape index (κ1) is 13.7. The maximum absolute atomic E-state index is 11.2. The number of rotatable bonds is 6. The van der Waals surface area contributed by atoms with Gasteiger partial charge in [0.15, 0.2) is 5.82 Å². The number of carbonyl (C=O) groups excluding carboxylic acids is 1. The van der Waals surface area contributed by atoms with E-state index in [-0.39, 0.29) is 17.0 Å². The minimum absolute atomic E-state index is 0.166. The van der Waals surface area contributed by atoms with E-state index in [9.17, 15) is 4.79 Å². The van der Waals surface area contributed by atoms with E-state index in [0.29, 0.717) is 18.2 Å². The first-order chi connectivity index (χ1) is 7.87. The smallest absolute Gasteiger partial charge is 0.255 e. The van der Waals surface area contributed by atoms with Gasteiger partial charge in [-0.05, 0) is 32.3 Å². The third-order valence-corrected chi connectivity index (χ3v) is 2.99. The molecule has 0 radical (unpaired) electrons. The predicted octanol–water partition coefficient (Wildman–Crippen LogP) is 1.05. The highest BCUT2D eigenvalue weighted by atomic mass is 32.1. The summed E-state index contributed by atoms with van der Waals surface area (Å²) in [7, 11) is 0. The summed E-state index contributed by atoms with van der Waals surface area (Å²) in [6.07, 6.45) is 0. The molecule has 1 aromatic rings. The third-order valence-electron chi connectivity index (χ3n) is 2.17. The van der Waals surface area contributed by atoms with Gasteiger partial charge < -0.3 is 21.5 Å². The van der Waals surface area contributed by atoms with Crippen LogP contribution in [0, 0.1) is 0 Å². The van der Waals surface area contributed by atoms with E-state index in [0.717, 1.165) is 11.5 Å². The molecule has 96 valence electrons. The number of nitrogens with zero attached hydrogens (tertiary/aromatic N) is 1. The summed E-state index contributed by atoms with van der Waals surface area (Å²) in [5.74, 6) is -0.410. The number of aromatic nitrogens is 1. The standard InChI is InChI=1S/C10H18N4O2S/c1-4-16-10(2,3)5-13-9-6(8(12)15)7(11)14-17-9/h13H,4-5H2,1-3H3,(H2,11,14)(H2,12,15). The van der Waals surface area contributed by atoms with Crippen molar-refractivity contribution in [3.63, 3.8) is 0 Å². The number of nitrogen functional groups attached to an aromatic ring is 1. The van der Waals surface area contributed by atoms with Crippen molar-refractivity contribution in [2.24, 2.45) is 5.73 Å². The van der Waals surface area contributed by atoms with Crippen molar-refractivity contribution in [3.05, 3.63) is 5.56 Å². The van der Waals surface area contributed by atoms with Crippen molar-refractivity contribution < 1.29 is 9.53 Å². The second kappa shape index (κ2) is 5.33. The molecular weight excluding hydrogens is 240 g/mol. The lowest BCUT2D eigenvalue weighted by atomic mass is 10.1. The Bertz CT molecular complexity index is 403. The highest BCUT2D eigenvalue weighted by Crippen LogP contribution is 2.26. The molecule has 0 saturated heterocycles. The van der Waals surface area contributed by atoms with Gasteiger partial charge in [0.2, 0.25) is 0 Å². The van der Waals surface area contributed by atoms with Crippen LogP contribution in [0.3, 0.4) is 0 Å². The monoisotopic (exact) mass is 258 g/mol. The molecule has 6 nitrogen and oxygen atoms in total. The highest BCUT2D eigenvalue weighted by molar-refractivity contribution is 7.11. The summed E-state index contributed by atoms with van der Waals surface area (Å²) in [4.78, 5) is 11.2. The topological polar surface area (TPSA) is 103 Å². The second-order valence-electron chi connectivity index (χ2n) is 4.18. The van der Waals surface area contributed by atoms with Crippen molar-refractivity contribution in [3.8, 4) is 0 Å². The third kappa shape index (κ3) is 3.57. The van der Waals surface area contributed by atoms with Gasteiger partial charge in [-0.25, -0.2) is 0 Å². The summed E-state index contributed by atoms with van der Waals surface area (Å²) in [6, 6.07) is 0. The molecule has 0 saturated carbocycles. The largest absolute Gasteiger partial charge is 0.382 e. The van der Waals surface area contributed by atoms with Crippen LogP contribution in [0.2, 0.25) is 0 Å². The number of ether oxygens (including phenoxy) is 1. The molecular formula is C10H18N4O2S. The SMILES string of the molecule is CCOC(C)(C)CNc1snc(N)c1C(N)=O. The summed E-state index contributed by atoms with van der Waals surface area (Å²) in [5.41, 5.74) is 10.7. The Morgan fingerprint density at radius 1 is 1.59 bits per heavy atom. The molecule has 7 heteroatoms. The fraction of sp³-hybridized carbons (Fsp3) is 0.600. The maximum atomic E-state index is 11.2. The molecule has 0 aliphatic rings. The summed E-state index contributed by atoms with van der Waals surface area (Å²) < 4.78 is 9.43. The molecule has 0 bridgehead atoms. The molecule has 0 fully saturated rings. The normalized spacial score (nSPS) is 11.5. The first-order valence-corrected chi connectivity index (χ1v) is 6.07. The lowest BCUT2D eigenvalue weighted by Crippen LogP contribution is -2.33. The van der Waals surface area contributed by atoms with Gasteiger partial charge in [0.05, 0.1) is 5.60 Å². The molecule has 0 unspecified atom stereocenters. The van der Waals surface area contributed by atoms with Gasteiger partial charge >= 0.3 is 0 Å². The zero-order valence-corrected chi connectivity index (χ0v) is 11.1. The minimum atomic E-state index is -0.576. The van der Waals surface area contributed by atoms with Crippen molar-refractivity contribution in [1.29, 1.82) is 0 Å². The summed E-state index contributed by atoms with van der Waals surface area (Å²) in [6.45, 7) is 7.02. The zero-order valence-electron chi connectivity index (χ0n) is 10.2. The average Bonchev–Trinajstić information content (AvgIpc) is 2.57. The molecule has 0 aliphatic carbocycles. The molecule has 17 heavy (non-hydrogen) atoms. The van der Waals surface area contributed by atoms with Crippen molar-refractivity contribution in [1.82, 2.24) is 4.37 Å². The molecule has 0 spiro atoms. The number of nitrogens with one attached hydrogen (secondary N) is 1. The van der Waals surface area contributed by atoms with Crippen LogP contribution >= 0.6 is 11.5 Å². The van der Waals surface area contributed by atoms with Gasteiger partial charge in [0.1, 0.15) is 10.6 Å². The molecule has 0 aliphatic heterocycles. The van der Waals surface area contributed by atoms with Crippen LogP contribution in [0.25, 0.3) is 0 Å². The van der Waals surface area contributed by atoms with Crippen LogP contribution in [-0.2, 0) is 4.74 Å². The average molecular weight is 258 g/mol. The quantitative estimate of drug-likeness (QED) is 0.707. The lowest BCUT2D eigenvalue weighted by molar-refractivity contribution is 0.000728. The van der Waals surface area contributed by atoms with Crippen molar-refractivity contribution >= 4 is 28.3 Å². The van der Waals surface area contributed by atoms with E-state index >= 15 is 0 Å². The second-order valence-corrected chi connectivity index (χ2v) is 4.96. The Hall–Kier alpha value is -1.34. The minimum Gasteiger partial charge on any atom is -0.382 e. The van der Waals surface area contributed by atoms with E-state index < -0.39 is 5.91 Å². The number of carbonyl (C=O) groups is 1. The van der Waals surface area contributed by atoms with E-state index in [1.54, 1.807) is 0 Å². The number of primary amides is 1. The number of hydrogen-bond acceptors (Lipinski definition) is 6. The van der Waals surface area contributed by atoms with Crippen LogP contribution in [0.1, 0.15) is 31.1 Å². The Balaban J connectivity index is 2.73. The van der Waals surface area contributed by atoms with Crippen molar-refractivity contribution in [2.75, 3.05) is 24.2 Å². The molecule has 0 aromatic carbocycles. The van der Waals surface area contributed by atoms with E-state index in [1.165, 1.54) is 0 Å². The summed E-state index contributed by atoms with van der Waals surface area (Å²) >= 11 is 1.12. The summed E-state index contributed by atoms with van der Waals surface area (Å²) in [5, 5.41) is 3.68. The fourth-order valence-corrected chi connectivity index (χ4v) is 2.11. The van der Waals surface area contributed by atoms with Gasteiger partial charge in [-0.15, -0.1) is 0 Å². The van der Waals surface area contributed by atoms with E-state index in [1.807, 2.05) is 20.8 Å². The van der Waals surface area contributed by atoms with E-state index in [4.69, 9.17) is 16.2 Å². The Labute approximate surface area is 104 Å². The first-order valence-electron chi connectivity index (χ1n) is 5.30. The Morgan fingerprint density at radius 3 is 2.76 bits per heavy atom. The van der Waals surface area contributed by atoms with Crippen molar-refractivity contribution in [2.45, 2.75) is 26.4 Å². The zero-order chi connectivity index (χ0) is 13.1. The lowest BCUT2D eigenvalue weighted by Gasteiger charge is -2.25. The molecule has 1 rings (SSSR count). The van der Waals surface area contributed by atoms with Gasteiger partial charge in [0, 0.05) is 13.2 Å². The molecule has 1 heterocycles. The molecule has 0 atom stereocenters. The number of anilines is 2. The van der Waals surface area contributed by atoms with Crippen LogP contribution in [0.15, 0.2) is 0 Å². The molecule has 1 aromatic heterocycles. The van der Waals surface area contributed by atoms with Crippen LogP contribution in [0.5, 0.6) is 0 Å². The van der Waals surface area contributed by atoms with Crippen LogP contribution in [0.4, 0.5) is 10.8 Å². The highest BCUT2D eigenvalue weighted by Gasteiger charge is 2.21. The van der Waals surface area contributed by atoms with Gasteiger partial charge in [0.25, 0.3) is 5.91 Å². The maximum Gasteiger partial charge on any atom is 0.255 e. The number of amides is 1. The Kier molecular flexibility index (Phi) is 4.30. The number of nitrogens with two attached hydrogens (primary N) is 2. The van der Waals surface area contributed by atoms with Crippen LogP contribution in [-0.4, -0.2) is 29.0 Å². The van der Waals surface area contributed by atoms with Gasteiger partial charge in [-0.3, -0.25) is 4.79 Å². The molecule has 1 amide bonds. The predicted molar refractivity (Wildman–Crippen MR) is 69.2 cm³/mol. The molecule has 5 N–H and O–H groups in total. The fourth-order valence-electron chi connectivity index (χ4n) is 1.40. The van der Waals surface area contributed by atoms with Gasteiger partial charge in [-0.1, -0.05) is 0 Å². The van der Waals surface area contributed by atoms with Gasteiger partial charge in [-0.2, -0.15) is 4.37 Å².